The summed E-state index contributed by atoms with van der Waals surface area (Å²) in [5.74, 6) is -0.663. The molecule has 3 atom stereocenters. The van der Waals surface area contributed by atoms with E-state index in [-0.39, 0.29) is 17.5 Å². The molecule has 7 N–H and O–H groups in total. The first-order chi connectivity index (χ1) is 13.1. The van der Waals surface area contributed by atoms with E-state index in [1.807, 2.05) is 0 Å². The van der Waals surface area contributed by atoms with E-state index in [2.05, 4.69) is 29.0 Å². The van der Waals surface area contributed by atoms with Gasteiger partial charge in [-0.05, 0) is 57.2 Å². The van der Waals surface area contributed by atoms with Gasteiger partial charge in [0.15, 0.2) is 0 Å². The molecule has 28 heavy (non-hydrogen) atoms. The van der Waals surface area contributed by atoms with E-state index < -0.39 is 11.9 Å². The number of likely N-dealkylation sites (tertiary alicyclic amines) is 1. The topological polar surface area (TPSA) is 158 Å². The fourth-order valence-electron chi connectivity index (χ4n) is 3.97. The van der Waals surface area contributed by atoms with E-state index in [0.717, 1.165) is 32.4 Å². The van der Waals surface area contributed by atoms with Crippen LogP contribution in [0.25, 0.3) is 0 Å². The molecule has 1 aromatic rings. The van der Waals surface area contributed by atoms with Crippen LogP contribution in [-0.2, 0) is 4.79 Å². The molecule has 0 bridgehead atoms. The minimum absolute atomic E-state index is 0.114. The first-order valence-corrected chi connectivity index (χ1v) is 9.49. The van der Waals surface area contributed by atoms with Crippen LogP contribution in [0.1, 0.15) is 55.6 Å². The average Bonchev–Trinajstić information content (AvgIpc) is 3.13. The summed E-state index contributed by atoms with van der Waals surface area (Å²) in [7, 11) is 0. The molecule has 1 aromatic heterocycles. The first-order valence-electron chi connectivity index (χ1n) is 9.49. The highest BCUT2D eigenvalue weighted by molar-refractivity contribution is 5.95. The molecule has 9 heteroatoms. The Morgan fingerprint density at radius 3 is 2.57 bits per heavy atom. The lowest BCUT2D eigenvalue weighted by Crippen LogP contribution is -2.62. The van der Waals surface area contributed by atoms with Crippen LogP contribution in [-0.4, -0.2) is 57.5 Å². The van der Waals surface area contributed by atoms with E-state index >= 15 is 0 Å². The monoisotopic (exact) mass is 390 g/mol. The van der Waals surface area contributed by atoms with Crippen LogP contribution in [0.2, 0.25) is 0 Å². The maximum absolute atomic E-state index is 11.2. The van der Waals surface area contributed by atoms with Gasteiger partial charge in [-0.15, -0.1) is 0 Å². The fourth-order valence-corrected chi connectivity index (χ4v) is 3.97. The van der Waals surface area contributed by atoms with Crippen LogP contribution in [0.3, 0.4) is 0 Å². The van der Waals surface area contributed by atoms with Gasteiger partial charge in [0, 0.05) is 12.7 Å². The lowest BCUT2D eigenvalue weighted by Gasteiger charge is -2.46. The fraction of sp³-hybridized carbons (Fsp3) is 0.579. The normalized spacial score (nSPS) is 27.5. The number of nitrogens with two attached hydrogens (primary N) is 2. The molecule has 0 saturated carbocycles. The number of amides is 1. The van der Waals surface area contributed by atoms with Crippen LogP contribution in [0.5, 0.6) is 0 Å². The molecule has 0 radical (unpaired) electrons. The number of aromatic nitrogens is 1. The largest absolute Gasteiger partial charge is 0.480 e. The third-order valence-corrected chi connectivity index (χ3v) is 5.38. The molecular formula is C19H30N6O3. The first kappa shape index (κ1) is 21.8. The summed E-state index contributed by atoms with van der Waals surface area (Å²) in [6.07, 6.45) is 5.33. The Bertz CT molecular complexity index is 690. The molecule has 3 heterocycles. The molecule has 1 amide bonds. The Kier molecular flexibility index (Phi) is 7.09. The van der Waals surface area contributed by atoms with Crippen molar-refractivity contribution in [2.75, 3.05) is 13.1 Å². The third-order valence-electron chi connectivity index (χ3n) is 5.38. The number of carbonyl (C=O) groups excluding carboxylic acids is 1. The third kappa shape index (κ3) is 5.26. The lowest BCUT2D eigenvalue weighted by molar-refractivity contribution is -0.145. The molecule has 2 aliphatic rings. The highest BCUT2D eigenvalue weighted by Crippen LogP contribution is 2.33. The number of primary amides is 1. The van der Waals surface area contributed by atoms with Gasteiger partial charge < -0.3 is 16.6 Å². The number of nitrogens with one attached hydrogen (secondary N) is 2. The summed E-state index contributed by atoms with van der Waals surface area (Å²) < 4.78 is 0. The number of carbonyl (C=O) groups is 2. The number of piperidine rings is 1. The summed E-state index contributed by atoms with van der Waals surface area (Å²) in [5, 5.41) is 19.8. The molecule has 154 valence electrons. The molecule has 0 aliphatic carbocycles. The Labute approximate surface area is 165 Å². The lowest BCUT2D eigenvalue weighted by atomic mass is 9.89. The number of nitrogens with zero attached hydrogens (tertiary/aromatic N) is 2. The molecule has 9 nitrogen and oxygen atoms in total. The molecule has 2 unspecified atom stereocenters. The maximum atomic E-state index is 11.2. The van der Waals surface area contributed by atoms with Gasteiger partial charge in [-0.2, -0.15) is 0 Å². The number of carboxylic acids is 1. The van der Waals surface area contributed by atoms with Crippen molar-refractivity contribution in [1.29, 1.82) is 5.41 Å². The highest BCUT2D eigenvalue weighted by atomic mass is 16.4. The van der Waals surface area contributed by atoms with Crippen molar-refractivity contribution in [3.05, 3.63) is 29.6 Å². The zero-order valence-electron chi connectivity index (χ0n) is 16.4. The summed E-state index contributed by atoms with van der Waals surface area (Å²) in [6, 6.07) is 2.66. The van der Waals surface area contributed by atoms with Crippen LogP contribution in [0.4, 0.5) is 0 Å². The SMILES string of the molecule is CC1CCNC(C)(N2CCC[C@H]2C(=O)O)C1.N=C(N)c1ccc(C(N)=O)cn1. The summed E-state index contributed by atoms with van der Waals surface area (Å²) in [6.45, 7) is 6.32. The van der Waals surface area contributed by atoms with E-state index in [0.29, 0.717) is 17.2 Å². The molecule has 3 rings (SSSR count). The van der Waals surface area contributed by atoms with E-state index in [4.69, 9.17) is 16.9 Å². The maximum Gasteiger partial charge on any atom is 0.320 e. The molecule has 2 aliphatic heterocycles. The predicted molar refractivity (Wildman–Crippen MR) is 106 cm³/mol. The number of hydrogen-bond acceptors (Lipinski definition) is 6. The van der Waals surface area contributed by atoms with Crippen LogP contribution >= 0.6 is 0 Å². The quantitative estimate of drug-likeness (QED) is 0.374. The number of aliphatic carboxylic acids is 1. The second-order valence-corrected chi connectivity index (χ2v) is 7.70. The second kappa shape index (κ2) is 9.11. The number of nitrogen functional groups attached to an aromatic ring is 1. The second-order valence-electron chi connectivity index (χ2n) is 7.70. The summed E-state index contributed by atoms with van der Waals surface area (Å²) in [5.41, 5.74) is 10.6. The number of hydrogen-bond donors (Lipinski definition) is 5. The predicted octanol–water partition coefficient (Wildman–Crippen LogP) is 0.736. The van der Waals surface area contributed by atoms with Crippen molar-refractivity contribution >= 4 is 17.7 Å². The summed E-state index contributed by atoms with van der Waals surface area (Å²) in [4.78, 5) is 27.7. The zero-order chi connectivity index (χ0) is 20.9. The van der Waals surface area contributed by atoms with Gasteiger partial charge in [0.25, 0.3) is 0 Å². The molecule has 0 spiro atoms. The number of amidine groups is 1. The van der Waals surface area contributed by atoms with Crippen LogP contribution < -0.4 is 16.8 Å². The zero-order valence-corrected chi connectivity index (χ0v) is 16.4. The Hall–Kier alpha value is -2.52. The number of carboxylic acid groups (broad SMARTS) is 1. The van der Waals surface area contributed by atoms with Gasteiger partial charge >= 0.3 is 5.97 Å². The van der Waals surface area contributed by atoms with Gasteiger partial charge in [0.2, 0.25) is 5.91 Å². The van der Waals surface area contributed by atoms with Gasteiger partial charge in [0.1, 0.15) is 17.6 Å². The van der Waals surface area contributed by atoms with Gasteiger partial charge in [-0.1, -0.05) is 6.92 Å². The van der Waals surface area contributed by atoms with Crippen molar-refractivity contribution < 1.29 is 14.7 Å². The van der Waals surface area contributed by atoms with Crippen molar-refractivity contribution in [2.24, 2.45) is 17.4 Å². The van der Waals surface area contributed by atoms with Crippen molar-refractivity contribution in [2.45, 2.75) is 51.2 Å². The molecule has 2 saturated heterocycles. The minimum Gasteiger partial charge on any atom is -0.480 e. The highest BCUT2D eigenvalue weighted by Gasteiger charge is 2.43. The van der Waals surface area contributed by atoms with E-state index in [9.17, 15) is 14.7 Å². The smallest absolute Gasteiger partial charge is 0.320 e. The van der Waals surface area contributed by atoms with Gasteiger partial charge in [0.05, 0.1) is 11.2 Å². The van der Waals surface area contributed by atoms with Crippen molar-refractivity contribution in [3.8, 4) is 0 Å². The van der Waals surface area contributed by atoms with Crippen LogP contribution in [0.15, 0.2) is 18.3 Å². The minimum atomic E-state index is -0.668. The van der Waals surface area contributed by atoms with Gasteiger partial charge in [-0.3, -0.25) is 30.2 Å². The van der Waals surface area contributed by atoms with Crippen LogP contribution in [0, 0.1) is 11.3 Å². The molecule has 0 aromatic carbocycles. The van der Waals surface area contributed by atoms with Gasteiger partial charge in [-0.25, -0.2) is 0 Å². The van der Waals surface area contributed by atoms with Crippen molar-refractivity contribution in [3.63, 3.8) is 0 Å². The number of pyridine rings is 1. The van der Waals surface area contributed by atoms with Crippen molar-refractivity contribution in [1.82, 2.24) is 15.2 Å². The Balaban J connectivity index is 0.000000209. The number of rotatable bonds is 4. The Morgan fingerprint density at radius 1 is 1.36 bits per heavy atom. The van der Waals surface area contributed by atoms with E-state index in [1.54, 1.807) is 0 Å². The van der Waals surface area contributed by atoms with E-state index in [1.165, 1.54) is 24.8 Å². The molecular weight excluding hydrogens is 360 g/mol. The average molecular weight is 390 g/mol. The standard InChI is InChI=1S/C12H22N2O2.C7H8N4O/c1-9-5-6-13-12(2,8-9)14-7-3-4-10(14)11(15)16;8-6(9)5-2-1-4(3-11-5)7(10)12/h9-10,13H,3-8H2,1-2H3,(H,15,16);1-3H,(H3,8,9)(H2,10,12)/t9?,10-,12?;/m0./s1. The molecule has 2 fully saturated rings. The Morgan fingerprint density at radius 2 is 2.07 bits per heavy atom. The summed E-state index contributed by atoms with van der Waals surface area (Å²) >= 11 is 0.